The van der Waals surface area contributed by atoms with Crippen LogP contribution in [0.25, 0.3) is 0 Å². The van der Waals surface area contributed by atoms with Crippen LogP contribution >= 0.6 is 0 Å². The van der Waals surface area contributed by atoms with Crippen LogP contribution in [0.5, 0.6) is 0 Å². The molecule has 0 aliphatic rings. The highest BCUT2D eigenvalue weighted by molar-refractivity contribution is 4.59. The summed E-state index contributed by atoms with van der Waals surface area (Å²) < 4.78 is 5.93. The SMILES string of the molecule is CCCCC(CC)COCC(CC)CCCC.OCC(O)CO.OCC(O)CO.OCC(O)CO.OCC(O)CO. The molecule has 2 unspecified atom stereocenters. The Morgan fingerprint density at radius 3 is 0.756 bits per heavy atom. The summed E-state index contributed by atoms with van der Waals surface area (Å²) in [6.07, 6.45) is 6.75. The van der Waals surface area contributed by atoms with Crippen molar-refractivity contribution in [2.24, 2.45) is 11.8 Å². The van der Waals surface area contributed by atoms with Gasteiger partial charge in [0.15, 0.2) is 0 Å². The molecule has 0 bridgehead atoms. The first kappa shape index (κ1) is 50.1. The van der Waals surface area contributed by atoms with Gasteiger partial charge >= 0.3 is 0 Å². The fraction of sp³-hybridized carbons (Fsp3) is 1.00. The van der Waals surface area contributed by atoms with E-state index in [9.17, 15) is 0 Å². The third-order valence-corrected chi connectivity index (χ3v) is 5.48. The Kier molecular flexibility index (Phi) is 53.7. The quantitative estimate of drug-likeness (QED) is 0.0772. The molecule has 0 heterocycles. The van der Waals surface area contributed by atoms with Crippen molar-refractivity contribution in [3.63, 3.8) is 0 Å². The molecule has 0 aliphatic carbocycles. The third-order valence-electron chi connectivity index (χ3n) is 5.48. The summed E-state index contributed by atoms with van der Waals surface area (Å²) in [5.74, 6) is 1.58. The predicted molar refractivity (Wildman–Crippen MR) is 158 cm³/mol. The second-order valence-electron chi connectivity index (χ2n) is 9.45. The second kappa shape index (κ2) is 43.9. The molecular weight excluding hydrogens is 544 g/mol. The van der Waals surface area contributed by atoms with Gasteiger partial charge in [0.25, 0.3) is 0 Å². The average Bonchev–Trinajstić information content (AvgIpc) is 3.03. The number of rotatable bonds is 20. The highest BCUT2D eigenvalue weighted by Crippen LogP contribution is 2.16. The number of hydrogen-bond acceptors (Lipinski definition) is 13. The first-order chi connectivity index (χ1) is 19.5. The number of aliphatic hydroxyl groups excluding tert-OH is 12. The Morgan fingerprint density at radius 1 is 0.415 bits per heavy atom. The molecule has 0 aromatic rings. The van der Waals surface area contributed by atoms with Crippen LogP contribution in [0, 0.1) is 11.8 Å². The highest BCUT2D eigenvalue weighted by atomic mass is 16.5. The third kappa shape index (κ3) is 49.5. The number of hydrogen-bond donors (Lipinski definition) is 12. The molecule has 0 spiro atoms. The lowest BCUT2D eigenvalue weighted by atomic mass is 9.99. The maximum atomic E-state index is 8.17. The van der Waals surface area contributed by atoms with Gasteiger partial charge in [0.1, 0.15) is 24.4 Å². The zero-order chi connectivity index (χ0) is 32.9. The van der Waals surface area contributed by atoms with Gasteiger partial charge < -0.3 is 66.0 Å². The summed E-state index contributed by atoms with van der Waals surface area (Å²) in [5, 5.41) is 96.1. The van der Waals surface area contributed by atoms with Crippen LogP contribution in [0.2, 0.25) is 0 Å². The first-order valence-corrected chi connectivity index (χ1v) is 14.7. The topological polar surface area (TPSA) is 252 Å². The van der Waals surface area contributed by atoms with Gasteiger partial charge in [-0.3, -0.25) is 0 Å². The Labute approximate surface area is 247 Å². The lowest BCUT2D eigenvalue weighted by Gasteiger charge is -2.18. The van der Waals surface area contributed by atoms with Crippen LogP contribution in [0.15, 0.2) is 0 Å². The van der Waals surface area contributed by atoms with Gasteiger partial charge in [-0.15, -0.1) is 0 Å². The highest BCUT2D eigenvalue weighted by Gasteiger charge is 2.09. The smallest absolute Gasteiger partial charge is 0.100 e. The van der Waals surface area contributed by atoms with Gasteiger partial charge in [0.05, 0.1) is 52.9 Å². The largest absolute Gasteiger partial charge is 0.394 e. The zero-order valence-electron chi connectivity index (χ0n) is 26.0. The summed E-state index contributed by atoms with van der Waals surface area (Å²) in [4.78, 5) is 0. The molecule has 256 valence electrons. The van der Waals surface area contributed by atoms with Gasteiger partial charge in [-0.25, -0.2) is 0 Å². The first-order valence-electron chi connectivity index (χ1n) is 14.7. The van der Waals surface area contributed by atoms with E-state index < -0.39 is 24.4 Å². The minimum absolute atomic E-state index is 0.365. The fourth-order valence-electron chi connectivity index (χ4n) is 2.43. The molecule has 0 amide bonds. The normalized spacial score (nSPS) is 12.0. The molecule has 0 aromatic heterocycles. The summed E-state index contributed by atoms with van der Waals surface area (Å²) in [5.41, 5.74) is 0. The van der Waals surface area contributed by atoms with E-state index in [1.54, 1.807) is 0 Å². The fourth-order valence-corrected chi connectivity index (χ4v) is 2.43. The molecule has 0 aromatic carbocycles. The van der Waals surface area contributed by atoms with E-state index in [0.717, 1.165) is 25.0 Å². The van der Waals surface area contributed by atoms with Crippen molar-refractivity contribution in [1.82, 2.24) is 0 Å². The lowest BCUT2D eigenvalue weighted by Crippen LogP contribution is -2.15. The molecule has 12 N–H and O–H groups in total. The van der Waals surface area contributed by atoms with Gasteiger partial charge in [-0.2, -0.15) is 0 Å². The van der Waals surface area contributed by atoms with Crippen LogP contribution in [-0.4, -0.2) is 152 Å². The number of aliphatic hydroxyl groups is 12. The van der Waals surface area contributed by atoms with Crippen LogP contribution in [0.4, 0.5) is 0 Å². The maximum Gasteiger partial charge on any atom is 0.100 e. The van der Waals surface area contributed by atoms with E-state index in [0.29, 0.717) is 0 Å². The Morgan fingerprint density at radius 2 is 0.634 bits per heavy atom. The number of unbranched alkanes of at least 4 members (excludes halogenated alkanes) is 2. The Bertz CT molecular complexity index is 350. The maximum absolute atomic E-state index is 8.17. The van der Waals surface area contributed by atoms with Crippen LogP contribution in [0.1, 0.15) is 79.1 Å². The van der Waals surface area contributed by atoms with E-state index >= 15 is 0 Å². The molecule has 0 saturated heterocycles. The summed E-state index contributed by atoms with van der Waals surface area (Å²) in [6, 6.07) is 0. The van der Waals surface area contributed by atoms with Crippen molar-refractivity contribution in [2.75, 3.05) is 66.1 Å². The van der Waals surface area contributed by atoms with E-state index in [1.807, 2.05) is 0 Å². The van der Waals surface area contributed by atoms with Crippen molar-refractivity contribution in [2.45, 2.75) is 103 Å². The van der Waals surface area contributed by atoms with Crippen molar-refractivity contribution < 1.29 is 66.0 Å². The summed E-state index contributed by atoms with van der Waals surface area (Å²) in [6.45, 7) is 8.17. The van der Waals surface area contributed by atoms with Crippen molar-refractivity contribution >= 4 is 0 Å². The zero-order valence-corrected chi connectivity index (χ0v) is 26.0. The monoisotopic (exact) mass is 610 g/mol. The minimum atomic E-state index is -0.954. The predicted octanol–water partition coefficient (Wildman–Crippen LogP) is -1.24. The molecule has 13 nitrogen and oxygen atoms in total. The lowest BCUT2D eigenvalue weighted by molar-refractivity contribution is 0.0450. The van der Waals surface area contributed by atoms with Gasteiger partial charge in [-0.1, -0.05) is 66.2 Å². The molecular formula is C28H66O13. The standard InChI is InChI=1S/C16H34O.4C3H8O3/c1-5-9-11-15(7-3)13-17-14-16(8-4)12-10-6-2;4*4-1-3(6)2-5/h15-16H,5-14H2,1-4H3;4*3-6H,1-2H2. The van der Waals surface area contributed by atoms with Crippen molar-refractivity contribution in [1.29, 1.82) is 0 Å². The molecule has 41 heavy (non-hydrogen) atoms. The second-order valence-corrected chi connectivity index (χ2v) is 9.45. The summed E-state index contributed by atoms with van der Waals surface area (Å²) >= 11 is 0. The summed E-state index contributed by atoms with van der Waals surface area (Å²) in [7, 11) is 0. The van der Waals surface area contributed by atoms with E-state index in [2.05, 4.69) is 27.7 Å². The van der Waals surface area contributed by atoms with Crippen molar-refractivity contribution in [3.05, 3.63) is 0 Å². The average molecular weight is 611 g/mol. The molecule has 0 rings (SSSR count). The van der Waals surface area contributed by atoms with Gasteiger partial charge in [0, 0.05) is 13.2 Å². The van der Waals surface area contributed by atoms with E-state index in [1.165, 1.54) is 51.4 Å². The molecule has 0 aliphatic heterocycles. The molecule has 0 saturated carbocycles. The molecule has 0 fully saturated rings. The Hall–Kier alpha value is -0.520. The molecule has 13 heteroatoms. The number of ether oxygens (including phenoxy) is 1. The van der Waals surface area contributed by atoms with Gasteiger partial charge in [0.2, 0.25) is 0 Å². The van der Waals surface area contributed by atoms with Crippen LogP contribution in [-0.2, 0) is 4.74 Å². The van der Waals surface area contributed by atoms with Crippen LogP contribution in [0.3, 0.4) is 0 Å². The molecule has 2 atom stereocenters. The van der Waals surface area contributed by atoms with Gasteiger partial charge in [-0.05, 0) is 24.7 Å². The van der Waals surface area contributed by atoms with Crippen molar-refractivity contribution in [3.8, 4) is 0 Å². The minimum Gasteiger partial charge on any atom is -0.394 e. The molecule has 0 radical (unpaired) electrons. The van der Waals surface area contributed by atoms with E-state index in [4.69, 9.17) is 66.0 Å². The van der Waals surface area contributed by atoms with E-state index in [-0.39, 0.29) is 52.9 Å². The Balaban J connectivity index is -0.000000149. The van der Waals surface area contributed by atoms with Crippen LogP contribution < -0.4 is 0 Å².